The second kappa shape index (κ2) is 7.09. The second-order valence-corrected chi connectivity index (χ2v) is 6.88. The van der Waals surface area contributed by atoms with Crippen LogP contribution in [0.1, 0.15) is 12.5 Å². The molecule has 0 aliphatic carbocycles. The Kier molecular flexibility index (Phi) is 5.16. The smallest absolute Gasteiger partial charge is 0.410 e. The predicted molar refractivity (Wildman–Crippen MR) is 83.5 cm³/mol. The Bertz CT molecular complexity index is 725. The van der Waals surface area contributed by atoms with Crippen molar-refractivity contribution in [3.8, 4) is 5.75 Å². The lowest BCUT2D eigenvalue weighted by atomic mass is 10.2. The molecule has 2 aromatic rings. The Morgan fingerprint density at radius 1 is 1.05 bits per heavy atom. The fourth-order valence-electron chi connectivity index (χ4n) is 1.79. The van der Waals surface area contributed by atoms with Gasteiger partial charge in [0.25, 0.3) is 0 Å². The van der Waals surface area contributed by atoms with Gasteiger partial charge in [0.2, 0.25) is 0 Å². The number of hydrogen-bond acceptors (Lipinski definition) is 4. The minimum absolute atomic E-state index is 0.0635. The molecule has 0 fully saturated rings. The average molecular weight is 319 g/mol. The minimum Gasteiger partial charge on any atom is -0.410 e. The Labute approximate surface area is 129 Å². The number of para-hydroxylation sites is 1. The Morgan fingerprint density at radius 3 is 2.27 bits per heavy atom. The van der Waals surface area contributed by atoms with Gasteiger partial charge in [-0.3, -0.25) is 0 Å². The van der Waals surface area contributed by atoms with Gasteiger partial charge in [-0.25, -0.2) is 13.2 Å². The summed E-state index contributed by atoms with van der Waals surface area (Å²) in [5.74, 6) is 0.526. The third-order valence-electron chi connectivity index (χ3n) is 3.05. The highest BCUT2D eigenvalue weighted by atomic mass is 32.2. The molecule has 0 saturated heterocycles. The molecule has 2 aromatic carbocycles. The zero-order valence-corrected chi connectivity index (χ0v) is 13.0. The summed E-state index contributed by atoms with van der Waals surface area (Å²) >= 11 is 0. The lowest BCUT2D eigenvalue weighted by molar-refractivity contribution is 0.200. The molecule has 0 saturated carbocycles. The molecule has 5 nitrogen and oxygen atoms in total. The van der Waals surface area contributed by atoms with Gasteiger partial charge in [-0.05, 0) is 29.8 Å². The maximum absolute atomic E-state index is 11.7. The normalized spacial score (nSPS) is 11.0. The van der Waals surface area contributed by atoms with Crippen LogP contribution in [-0.2, 0) is 16.4 Å². The van der Waals surface area contributed by atoms with E-state index in [9.17, 15) is 13.2 Å². The zero-order chi connectivity index (χ0) is 16.0. The second-order valence-electron chi connectivity index (χ2n) is 4.60. The number of carbonyl (C=O) groups is 1. The van der Waals surface area contributed by atoms with Gasteiger partial charge in [-0.1, -0.05) is 37.3 Å². The van der Waals surface area contributed by atoms with Crippen LogP contribution in [0.15, 0.2) is 59.5 Å². The summed E-state index contributed by atoms with van der Waals surface area (Å²) in [5, 5.41) is 2.61. The van der Waals surface area contributed by atoms with Crippen LogP contribution >= 0.6 is 0 Å². The number of hydrogen-bond donors (Lipinski definition) is 1. The summed E-state index contributed by atoms with van der Waals surface area (Å²) in [6.45, 7) is 1.86. The van der Waals surface area contributed by atoms with Gasteiger partial charge in [0.1, 0.15) is 5.75 Å². The molecule has 0 bridgehead atoms. The quantitative estimate of drug-likeness (QED) is 0.920. The van der Waals surface area contributed by atoms with E-state index in [4.69, 9.17) is 4.74 Å². The van der Waals surface area contributed by atoms with Gasteiger partial charge in [-0.15, -0.1) is 0 Å². The van der Waals surface area contributed by atoms with Crippen molar-refractivity contribution in [2.75, 3.05) is 5.75 Å². The van der Waals surface area contributed by atoms with Crippen molar-refractivity contribution in [1.82, 2.24) is 5.32 Å². The number of benzene rings is 2. The van der Waals surface area contributed by atoms with Crippen LogP contribution in [-0.4, -0.2) is 20.3 Å². The van der Waals surface area contributed by atoms with E-state index in [-0.39, 0.29) is 17.2 Å². The van der Waals surface area contributed by atoms with E-state index < -0.39 is 15.9 Å². The predicted octanol–water partition coefficient (Wildman–Crippen LogP) is 2.77. The third kappa shape index (κ3) is 4.33. The van der Waals surface area contributed by atoms with Crippen LogP contribution in [0.2, 0.25) is 0 Å². The molecule has 6 heteroatoms. The van der Waals surface area contributed by atoms with Crippen LogP contribution in [0.5, 0.6) is 5.75 Å². The van der Waals surface area contributed by atoms with Crippen LogP contribution in [0, 0.1) is 0 Å². The summed E-state index contributed by atoms with van der Waals surface area (Å²) in [6, 6.07) is 15.2. The van der Waals surface area contributed by atoms with Crippen LogP contribution < -0.4 is 10.1 Å². The van der Waals surface area contributed by atoms with E-state index in [1.54, 1.807) is 55.5 Å². The molecular formula is C16H17NO4S. The molecule has 116 valence electrons. The molecule has 0 radical (unpaired) electrons. The first-order valence-electron chi connectivity index (χ1n) is 6.83. The molecule has 2 rings (SSSR count). The molecular weight excluding hydrogens is 302 g/mol. The fraction of sp³-hybridized carbons (Fsp3) is 0.188. The topological polar surface area (TPSA) is 72.5 Å². The molecule has 0 aliphatic heterocycles. The van der Waals surface area contributed by atoms with Gasteiger partial charge in [0.05, 0.1) is 10.6 Å². The maximum Gasteiger partial charge on any atom is 0.412 e. The minimum atomic E-state index is -3.20. The van der Waals surface area contributed by atoms with Crippen molar-refractivity contribution in [2.24, 2.45) is 0 Å². The van der Waals surface area contributed by atoms with Crippen molar-refractivity contribution in [1.29, 1.82) is 0 Å². The van der Waals surface area contributed by atoms with Gasteiger partial charge in [-0.2, -0.15) is 0 Å². The van der Waals surface area contributed by atoms with Crippen molar-refractivity contribution >= 4 is 15.9 Å². The van der Waals surface area contributed by atoms with Crippen LogP contribution in [0.3, 0.4) is 0 Å². The van der Waals surface area contributed by atoms with Crippen molar-refractivity contribution in [3.05, 3.63) is 60.2 Å². The Hall–Kier alpha value is -2.34. The zero-order valence-electron chi connectivity index (χ0n) is 12.2. The molecule has 0 aromatic heterocycles. The number of rotatable bonds is 5. The van der Waals surface area contributed by atoms with Gasteiger partial charge in [0, 0.05) is 6.54 Å². The molecule has 0 aliphatic rings. The molecule has 22 heavy (non-hydrogen) atoms. The summed E-state index contributed by atoms with van der Waals surface area (Å²) < 4.78 is 28.5. The SMILES string of the molecule is CCS(=O)(=O)c1ccc(CNC(=O)Oc2ccccc2)cc1. The lowest BCUT2D eigenvalue weighted by Gasteiger charge is -2.07. The largest absolute Gasteiger partial charge is 0.412 e. The standard InChI is InChI=1S/C16H17NO4S/c1-2-22(19,20)15-10-8-13(9-11-15)12-17-16(18)21-14-6-4-3-5-7-14/h3-11H,2,12H2,1H3,(H,17,18). The first kappa shape index (κ1) is 16.0. The summed E-state index contributed by atoms with van der Waals surface area (Å²) in [7, 11) is -3.20. The van der Waals surface area contributed by atoms with E-state index in [0.717, 1.165) is 5.56 Å². The molecule has 1 amide bonds. The highest BCUT2D eigenvalue weighted by Crippen LogP contribution is 2.12. The number of sulfone groups is 1. The molecule has 1 N–H and O–H groups in total. The molecule has 0 unspecified atom stereocenters. The number of nitrogens with one attached hydrogen (secondary N) is 1. The first-order valence-corrected chi connectivity index (χ1v) is 8.49. The van der Waals surface area contributed by atoms with Crippen LogP contribution in [0.25, 0.3) is 0 Å². The highest BCUT2D eigenvalue weighted by Gasteiger charge is 2.11. The van der Waals surface area contributed by atoms with E-state index >= 15 is 0 Å². The van der Waals surface area contributed by atoms with Crippen molar-refractivity contribution < 1.29 is 17.9 Å². The lowest BCUT2D eigenvalue weighted by Crippen LogP contribution is -2.26. The monoisotopic (exact) mass is 319 g/mol. The van der Waals surface area contributed by atoms with Gasteiger partial charge in [0.15, 0.2) is 9.84 Å². The van der Waals surface area contributed by atoms with E-state index in [2.05, 4.69) is 5.32 Å². The maximum atomic E-state index is 11.7. The van der Waals surface area contributed by atoms with Gasteiger partial charge < -0.3 is 10.1 Å². The molecule has 0 heterocycles. The number of ether oxygens (including phenoxy) is 1. The summed E-state index contributed by atoms with van der Waals surface area (Å²) in [6.07, 6.45) is -0.559. The van der Waals surface area contributed by atoms with E-state index in [1.165, 1.54) is 0 Å². The first-order chi connectivity index (χ1) is 10.5. The van der Waals surface area contributed by atoms with Crippen LogP contribution in [0.4, 0.5) is 4.79 Å². The van der Waals surface area contributed by atoms with Crippen molar-refractivity contribution in [3.63, 3.8) is 0 Å². The molecule has 0 spiro atoms. The summed E-state index contributed by atoms with van der Waals surface area (Å²) in [4.78, 5) is 11.9. The van der Waals surface area contributed by atoms with Gasteiger partial charge >= 0.3 is 6.09 Å². The van der Waals surface area contributed by atoms with E-state index in [0.29, 0.717) is 5.75 Å². The Morgan fingerprint density at radius 2 is 1.68 bits per heavy atom. The average Bonchev–Trinajstić information content (AvgIpc) is 2.54. The fourth-order valence-corrected chi connectivity index (χ4v) is 2.67. The number of carbonyl (C=O) groups excluding carboxylic acids is 1. The third-order valence-corrected chi connectivity index (χ3v) is 4.80. The highest BCUT2D eigenvalue weighted by molar-refractivity contribution is 7.91. The van der Waals surface area contributed by atoms with Crippen molar-refractivity contribution in [2.45, 2.75) is 18.4 Å². The van der Waals surface area contributed by atoms with E-state index in [1.807, 2.05) is 6.07 Å². The summed E-state index contributed by atoms with van der Waals surface area (Å²) in [5.41, 5.74) is 0.792. The number of amides is 1. The Balaban J connectivity index is 1.91. The molecule has 0 atom stereocenters.